The van der Waals surface area contributed by atoms with Gasteiger partial charge in [0.15, 0.2) is 0 Å². The highest BCUT2D eigenvalue weighted by Gasteiger charge is 2.27. The van der Waals surface area contributed by atoms with Crippen LogP contribution in [-0.2, 0) is 0 Å². The van der Waals surface area contributed by atoms with Crippen molar-refractivity contribution in [3.8, 4) is 0 Å². The standard InChI is InChI=1S/C12H25NO2/c1-12(2,10-15)9-13-7-4-3-5-11(13)6-8-14/h11,14-15H,3-10H2,1-2H3. The summed E-state index contributed by atoms with van der Waals surface area (Å²) in [5.41, 5.74) is -0.0228. The van der Waals surface area contributed by atoms with E-state index in [1.165, 1.54) is 19.3 Å². The average molecular weight is 215 g/mol. The second-order valence-corrected chi connectivity index (χ2v) is 5.45. The maximum atomic E-state index is 9.26. The number of rotatable bonds is 5. The second-order valence-electron chi connectivity index (χ2n) is 5.45. The van der Waals surface area contributed by atoms with Gasteiger partial charge in [0.25, 0.3) is 0 Å². The maximum Gasteiger partial charge on any atom is 0.0494 e. The molecule has 0 spiro atoms. The molecule has 0 amide bonds. The van der Waals surface area contributed by atoms with Crippen molar-refractivity contribution in [1.82, 2.24) is 4.90 Å². The Kier molecular flexibility index (Phi) is 5.03. The summed E-state index contributed by atoms with van der Waals surface area (Å²) < 4.78 is 0. The van der Waals surface area contributed by atoms with E-state index in [0.29, 0.717) is 6.04 Å². The number of piperidine rings is 1. The van der Waals surface area contributed by atoms with Gasteiger partial charge in [0.05, 0.1) is 0 Å². The van der Waals surface area contributed by atoms with E-state index in [2.05, 4.69) is 18.7 Å². The lowest BCUT2D eigenvalue weighted by atomic mass is 9.90. The van der Waals surface area contributed by atoms with Crippen molar-refractivity contribution >= 4 is 0 Å². The summed E-state index contributed by atoms with van der Waals surface area (Å²) in [5.74, 6) is 0. The monoisotopic (exact) mass is 215 g/mol. The van der Waals surface area contributed by atoms with Crippen molar-refractivity contribution in [3.63, 3.8) is 0 Å². The Balaban J connectivity index is 2.48. The molecule has 1 aliphatic heterocycles. The summed E-state index contributed by atoms with van der Waals surface area (Å²) in [6.45, 7) is 6.76. The fourth-order valence-electron chi connectivity index (χ4n) is 2.34. The third-order valence-electron chi connectivity index (χ3n) is 3.27. The predicted molar refractivity (Wildman–Crippen MR) is 61.8 cm³/mol. The Bertz CT molecular complexity index is 180. The van der Waals surface area contributed by atoms with Crippen molar-refractivity contribution in [2.45, 2.75) is 45.6 Å². The average Bonchev–Trinajstić information content (AvgIpc) is 2.21. The zero-order valence-electron chi connectivity index (χ0n) is 10.1. The Hall–Kier alpha value is -0.120. The first-order chi connectivity index (χ1) is 7.09. The molecule has 1 atom stereocenters. The second kappa shape index (κ2) is 5.83. The van der Waals surface area contributed by atoms with Crippen molar-refractivity contribution in [1.29, 1.82) is 0 Å². The van der Waals surface area contributed by atoms with E-state index in [1.807, 2.05) is 0 Å². The first-order valence-corrected chi connectivity index (χ1v) is 6.05. The molecule has 3 heteroatoms. The molecular formula is C12H25NO2. The third-order valence-corrected chi connectivity index (χ3v) is 3.27. The molecule has 0 bridgehead atoms. The van der Waals surface area contributed by atoms with Crippen LogP contribution in [0.1, 0.15) is 39.5 Å². The van der Waals surface area contributed by atoms with Crippen LogP contribution >= 0.6 is 0 Å². The highest BCUT2D eigenvalue weighted by molar-refractivity contribution is 4.81. The Morgan fingerprint density at radius 3 is 2.60 bits per heavy atom. The fraction of sp³-hybridized carbons (Fsp3) is 1.00. The summed E-state index contributed by atoms with van der Waals surface area (Å²) in [4.78, 5) is 2.44. The molecule has 3 nitrogen and oxygen atoms in total. The number of aliphatic hydroxyl groups is 2. The molecule has 0 radical (unpaired) electrons. The number of aliphatic hydroxyl groups excluding tert-OH is 2. The summed E-state index contributed by atoms with van der Waals surface area (Å²) in [6, 6.07) is 0.523. The van der Waals surface area contributed by atoms with Gasteiger partial charge < -0.3 is 10.2 Å². The van der Waals surface area contributed by atoms with Crippen LogP contribution in [0.25, 0.3) is 0 Å². The molecule has 0 aromatic heterocycles. The normalized spacial score (nSPS) is 24.4. The molecule has 0 saturated carbocycles. The number of likely N-dealkylation sites (tertiary alicyclic amines) is 1. The van der Waals surface area contributed by atoms with E-state index in [0.717, 1.165) is 19.5 Å². The van der Waals surface area contributed by atoms with Crippen LogP contribution in [0.2, 0.25) is 0 Å². The summed E-state index contributed by atoms with van der Waals surface area (Å²) in [6.07, 6.45) is 4.60. The Labute approximate surface area is 93.1 Å². The zero-order valence-corrected chi connectivity index (χ0v) is 10.1. The van der Waals surface area contributed by atoms with Crippen LogP contribution in [-0.4, -0.2) is 47.5 Å². The van der Waals surface area contributed by atoms with Crippen LogP contribution in [0, 0.1) is 5.41 Å². The molecule has 2 N–H and O–H groups in total. The molecule has 1 saturated heterocycles. The van der Waals surface area contributed by atoms with Gasteiger partial charge in [-0.2, -0.15) is 0 Å². The molecular weight excluding hydrogens is 190 g/mol. The molecule has 0 aromatic carbocycles. The first-order valence-electron chi connectivity index (χ1n) is 6.05. The van der Waals surface area contributed by atoms with E-state index in [4.69, 9.17) is 5.11 Å². The van der Waals surface area contributed by atoms with E-state index < -0.39 is 0 Å². The SMILES string of the molecule is CC(C)(CO)CN1CCCCC1CCO. The largest absolute Gasteiger partial charge is 0.396 e. The summed E-state index contributed by atoms with van der Waals surface area (Å²) in [7, 11) is 0. The minimum Gasteiger partial charge on any atom is -0.396 e. The van der Waals surface area contributed by atoms with Crippen LogP contribution < -0.4 is 0 Å². The summed E-state index contributed by atoms with van der Waals surface area (Å²) >= 11 is 0. The van der Waals surface area contributed by atoms with Gasteiger partial charge in [0.1, 0.15) is 0 Å². The lowest BCUT2D eigenvalue weighted by molar-refractivity contribution is 0.0503. The van der Waals surface area contributed by atoms with E-state index in [9.17, 15) is 5.11 Å². The fourth-order valence-corrected chi connectivity index (χ4v) is 2.34. The van der Waals surface area contributed by atoms with Crippen LogP contribution in [0.5, 0.6) is 0 Å². The maximum absolute atomic E-state index is 9.26. The molecule has 0 aromatic rings. The van der Waals surface area contributed by atoms with Crippen LogP contribution in [0.4, 0.5) is 0 Å². The van der Waals surface area contributed by atoms with Crippen LogP contribution in [0.15, 0.2) is 0 Å². The highest BCUT2D eigenvalue weighted by Crippen LogP contribution is 2.24. The molecule has 1 heterocycles. The van der Waals surface area contributed by atoms with E-state index in [-0.39, 0.29) is 18.6 Å². The van der Waals surface area contributed by atoms with Gasteiger partial charge in [-0.3, -0.25) is 4.90 Å². The van der Waals surface area contributed by atoms with Gasteiger partial charge in [-0.1, -0.05) is 20.3 Å². The molecule has 1 unspecified atom stereocenters. The number of hydrogen-bond acceptors (Lipinski definition) is 3. The lowest BCUT2D eigenvalue weighted by Gasteiger charge is -2.40. The van der Waals surface area contributed by atoms with Crippen molar-refractivity contribution in [2.75, 3.05) is 26.3 Å². The predicted octanol–water partition coefficient (Wildman–Crippen LogP) is 1.24. The smallest absolute Gasteiger partial charge is 0.0494 e. The quantitative estimate of drug-likeness (QED) is 0.725. The van der Waals surface area contributed by atoms with Gasteiger partial charge in [-0.15, -0.1) is 0 Å². The molecule has 0 aliphatic carbocycles. The van der Waals surface area contributed by atoms with Gasteiger partial charge >= 0.3 is 0 Å². The number of nitrogens with zero attached hydrogens (tertiary/aromatic N) is 1. The topological polar surface area (TPSA) is 43.7 Å². The van der Waals surface area contributed by atoms with Gasteiger partial charge in [-0.25, -0.2) is 0 Å². The van der Waals surface area contributed by atoms with Crippen molar-refractivity contribution in [2.24, 2.45) is 5.41 Å². The molecule has 90 valence electrons. The Morgan fingerprint density at radius 2 is 2.00 bits per heavy atom. The molecule has 15 heavy (non-hydrogen) atoms. The minimum absolute atomic E-state index is 0.0228. The summed E-state index contributed by atoms with van der Waals surface area (Å²) in [5, 5.41) is 18.3. The zero-order chi connectivity index (χ0) is 11.3. The first kappa shape index (κ1) is 12.9. The molecule has 1 fully saturated rings. The Morgan fingerprint density at radius 1 is 1.27 bits per heavy atom. The highest BCUT2D eigenvalue weighted by atomic mass is 16.3. The lowest BCUT2D eigenvalue weighted by Crippen LogP contribution is -2.45. The van der Waals surface area contributed by atoms with Crippen molar-refractivity contribution in [3.05, 3.63) is 0 Å². The third kappa shape index (κ3) is 4.09. The van der Waals surface area contributed by atoms with Crippen LogP contribution in [0.3, 0.4) is 0 Å². The minimum atomic E-state index is -0.0228. The van der Waals surface area contributed by atoms with E-state index >= 15 is 0 Å². The van der Waals surface area contributed by atoms with Gasteiger partial charge in [0.2, 0.25) is 0 Å². The molecule has 1 rings (SSSR count). The number of hydrogen-bond donors (Lipinski definition) is 2. The molecule has 1 aliphatic rings. The van der Waals surface area contributed by atoms with Crippen molar-refractivity contribution < 1.29 is 10.2 Å². The van der Waals surface area contributed by atoms with Gasteiger partial charge in [-0.05, 0) is 25.8 Å². The van der Waals surface area contributed by atoms with Gasteiger partial charge in [0, 0.05) is 31.2 Å². The van der Waals surface area contributed by atoms with E-state index in [1.54, 1.807) is 0 Å².